The Bertz CT molecular complexity index is 891. The molecule has 0 aromatic heterocycles. The number of carbonyl (C=O) groups excluding carboxylic acids is 2. The Hall–Kier alpha value is -3.62. The molecular formula is C18H15NO8. The first-order chi connectivity index (χ1) is 13.0. The van der Waals surface area contributed by atoms with Crippen molar-refractivity contribution in [1.29, 1.82) is 0 Å². The molecule has 0 aliphatic carbocycles. The molecular weight excluding hydrogens is 358 g/mol. The lowest BCUT2D eigenvalue weighted by atomic mass is 10.1. The summed E-state index contributed by atoms with van der Waals surface area (Å²) in [4.78, 5) is 35.0. The number of hydrogen-bond acceptors (Lipinski definition) is 8. The van der Waals surface area contributed by atoms with E-state index in [0.717, 1.165) is 6.07 Å². The third-order valence-electron chi connectivity index (χ3n) is 3.82. The van der Waals surface area contributed by atoms with Crippen molar-refractivity contribution in [3.63, 3.8) is 0 Å². The zero-order chi connectivity index (χ0) is 19.4. The van der Waals surface area contributed by atoms with E-state index in [-0.39, 0.29) is 30.3 Å². The largest absolute Gasteiger partial charge is 0.497 e. The topological polar surface area (TPSA) is 114 Å². The monoisotopic (exact) mass is 373 g/mol. The van der Waals surface area contributed by atoms with Crippen LogP contribution in [-0.2, 0) is 4.74 Å². The van der Waals surface area contributed by atoms with Gasteiger partial charge < -0.3 is 18.9 Å². The predicted octanol–water partition coefficient (Wildman–Crippen LogP) is 2.41. The SMILES string of the molecule is COc1ccc(C(=O)COC(=O)c2cc3c(cc2[N+](=O)[O-])OCCO3)cc1. The van der Waals surface area contributed by atoms with Gasteiger partial charge in [-0.1, -0.05) is 0 Å². The van der Waals surface area contributed by atoms with E-state index in [0.29, 0.717) is 11.3 Å². The molecule has 2 aromatic carbocycles. The number of fused-ring (bicyclic) bond motifs is 1. The fraction of sp³-hybridized carbons (Fsp3) is 0.222. The van der Waals surface area contributed by atoms with Gasteiger partial charge in [0.2, 0.25) is 0 Å². The van der Waals surface area contributed by atoms with Crippen molar-refractivity contribution in [3.8, 4) is 17.2 Å². The Morgan fingerprint density at radius 2 is 1.74 bits per heavy atom. The van der Waals surface area contributed by atoms with E-state index in [1.165, 1.54) is 25.3 Å². The number of hydrogen-bond donors (Lipinski definition) is 0. The van der Waals surface area contributed by atoms with Crippen LogP contribution in [0.1, 0.15) is 20.7 Å². The molecule has 0 fully saturated rings. The van der Waals surface area contributed by atoms with Gasteiger partial charge in [0.15, 0.2) is 23.9 Å². The molecule has 0 atom stereocenters. The summed E-state index contributed by atoms with van der Waals surface area (Å²) in [7, 11) is 1.50. The maximum absolute atomic E-state index is 12.3. The Morgan fingerprint density at radius 1 is 1.11 bits per heavy atom. The van der Waals surface area contributed by atoms with E-state index in [9.17, 15) is 19.7 Å². The maximum Gasteiger partial charge on any atom is 0.345 e. The van der Waals surface area contributed by atoms with Crippen molar-refractivity contribution in [3.05, 3.63) is 57.6 Å². The van der Waals surface area contributed by atoms with Crippen LogP contribution < -0.4 is 14.2 Å². The zero-order valence-corrected chi connectivity index (χ0v) is 14.3. The molecule has 140 valence electrons. The van der Waals surface area contributed by atoms with Gasteiger partial charge in [0, 0.05) is 11.6 Å². The standard InChI is InChI=1S/C18H15NO8/c1-24-12-4-2-11(3-5-12)15(20)10-27-18(21)13-8-16-17(26-7-6-25-16)9-14(13)19(22)23/h2-5,8-9H,6-7,10H2,1H3. The van der Waals surface area contributed by atoms with Crippen molar-refractivity contribution in [2.75, 3.05) is 26.9 Å². The van der Waals surface area contributed by atoms with Gasteiger partial charge in [0.05, 0.1) is 18.1 Å². The first kappa shape index (κ1) is 18.2. The summed E-state index contributed by atoms with van der Waals surface area (Å²) < 4.78 is 20.6. The van der Waals surface area contributed by atoms with Crippen molar-refractivity contribution in [2.45, 2.75) is 0 Å². The smallest absolute Gasteiger partial charge is 0.345 e. The highest BCUT2D eigenvalue weighted by Gasteiger charge is 2.27. The van der Waals surface area contributed by atoms with E-state index in [1.54, 1.807) is 12.1 Å². The molecule has 27 heavy (non-hydrogen) atoms. The number of nitro benzene ring substituents is 1. The molecule has 0 bridgehead atoms. The normalized spacial score (nSPS) is 12.2. The highest BCUT2D eigenvalue weighted by atomic mass is 16.6. The van der Waals surface area contributed by atoms with Gasteiger partial charge >= 0.3 is 5.97 Å². The number of ether oxygens (including phenoxy) is 4. The minimum absolute atomic E-state index is 0.179. The highest BCUT2D eigenvalue weighted by Crippen LogP contribution is 2.36. The lowest BCUT2D eigenvalue weighted by Crippen LogP contribution is -2.18. The minimum Gasteiger partial charge on any atom is -0.497 e. The molecule has 0 saturated carbocycles. The Morgan fingerprint density at radius 3 is 2.33 bits per heavy atom. The van der Waals surface area contributed by atoms with Crippen molar-refractivity contribution in [2.24, 2.45) is 0 Å². The van der Waals surface area contributed by atoms with Gasteiger partial charge in [-0.15, -0.1) is 0 Å². The second-order valence-corrected chi connectivity index (χ2v) is 5.50. The number of benzene rings is 2. The average molecular weight is 373 g/mol. The molecule has 9 heteroatoms. The molecule has 1 aliphatic heterocycles. The summed E-state index contributed by atoms with van der Waals surface area (Å²) in [5, 5.41) is 11.3. The van der Waals surface area contributed by atoms with Crippen molar-refractivity contribution < 1.29 is 33.5 Å². The van der Waals surface area contributed by atoms with E-state index < -0.39 is 29.0 Å². The van der Waals surface area contributed by atoms with Gasteiger partial charge in [-0.25, -0.2) is 4.79 Å². The number of methoxy groups -OCH3 is 1. The third-order valence-corrected chi connectivity index (χ3v) is 3.82. The van der Waals surface area contributed by atoms with Crippen LogP contribution in [-0.4, -0.2) is 43.6 Å². The van der Waals surface area contributed by atoms with E-state index in [2.05, 4.69) is 0 Å². The molecule has 0 N–H and O–H groups in total. The summed E-state index contributed by atoms with van der Waals surface area (Å²) >= 11 is 0. The Balaban J connectivity index is 1.75. The third kappa shape index (κ3) is 3.97. The van der Waals surface area contributed by atoms with Crippen molar-refractivity contribution >= 4 is 17.4 Å². The first-order valence-electron chi connectivity index (χ1n) is 7.92. The van der Waals surface area contributed by atoms with Gasteiger partial charge in [-0.2, -0.15) is 0 Å². The average Bonchev–Trinajstić information content (AvgIpc) is 2.70. The summed E-state index contributed by atoms with van der Waals surface area (Å²) in [6.07, 6.45) is 0. The summed E-state index contributed by atoms with van der Waals surface area (Å²) in [6.45, 7) is -0.0453. The number of carbonyl (C=O) groups is 2. The molecule has 9 nitrogen and oxygen atoms in total. The van der Waals surface area contributed by atoms with Gasteiger partial charge in [-0.3, -0.25) is 14.9 Å². The molecule has 3 rings (SSSR count). The number of nitro groups is 1. The number of nitrogens with zero attached hydrogens (tertiary/aromatic N) is 1. The van der Waals surface area contributed by atoms with Crippen LogP contribution in [0.15, 0.2) is 36.4 Å². The molecule has 0 spiro atoms. The lowest BCUT2D eigenvalue weighted by Gasteiger charge is -2.18. The van der Waals surface area contributed by atoms with Crippen LogP contribution in [0.2, 0.25) is 0 Å². The molecule has 0 unspecified atom stereocenters. The molecule has 0 saturated heterocycles. The van der Waals surface area contributed by atoms with Crippen LogP contribution >= 0.6 is 0 Å². The maximum atomic E-state index is 12.3. The first-order valence-corrected chi connectivity index (χ1v) is 7.92. The van der Waals surface area contributed by atoms with Gasteiger partial charge in [-0.05, 0) is 24.3 Å². The lowest BCUT2D eigenvalue weighted by molar-refractivity contribution is -0.385. The molecule has 1 aliphatic rings. The van der Waals surface area contributed by atoms with Crippen LogP contribution in [0, 0.1) is 10.1 Å². The van der Waals surface area contributed by atoms with Crippen LogP contribution in [0.25, 0.3) is 0 Å². The van der Waals surface area contributed by atoms with E-state index in [1.807, 2.05) is 0 Å². The quantitative estimate of drug-likeness (QED) is 0.328. The fourth-order valence-electron chi connectivity index (χ4n) is 2.46. The van der Waals surface area contributed by atoms with Crippen molar-refractivity contribution in [1.82, 2.24) is 0 Å². The zero-order valence-electron chi connectivity index (χ0n) is 14.3. The summed E-state index contributed by atoms with van der Waals surface area (Å²) in [6, 6.07) is 8.55. The van der Waals surface area contributed by atoms with Gasteiger partial charge in [0.1, 0.15) is 24.5 Å². The second kappa shape index (κ2) is 7.73. The summed E-state index contributed by atoms with van der Waals surface area (Å²) in [5.41, 5.74) is -0.479. The highest BCUT2D eigenvalue weighted by molar-refractivity contribution is 6.00. The number of ketones is 1. The second-order valence-electron chi connectivity index (χ2n) is 5.50. The minimum atomic E-state index is -1.000. The van der Waals surface area contributed by atoms with Crippen LogP contribution in [0.4, 0.5) is 5.69 Å². The molecule has 0 amide bonds. The predicted molar refractivity (Wildman–Crippen MR) is 91.7 cm³/mol. The fourth-order valence-corrected chi connectivity index (χ4v) is 2.46. The number of rotatable bonds is 6. The van der Waals surface area contributed by atoms with E-state index >= 15 is 0 Å². The molecule has 0 radical (unpaired) electrons. The van der Waals surface area contributed by atoms with Crippen LogP contribution in [0.5, 0.6) is 17.2 Å². The van der Waals surface area contributed by atoms with Crippen LogP contribution in [0.3, 0.4) is 0 Å². The number of Topliss-reactive ketones (excluding diaryl/α,β-unsaturated/α-hetero) is 1. The van der Waals surface area contributed by atoms with E-state index in [4.69, 9.17) is 18.9 Å². The Labute approximate surface area is 153 Å². The van der Waals surface area contributed by atoms with Gasteiger partial charge in [0.25, 0.3) is 5.69 Å². The Kier molecular flexibility index (Phi) is 5.20. The summed E-state index contributed by atoms with van der Waals surface area (Å²) in [5.74, 6) is -0.485. The number of esters is 1. The molecule has 2 aromatic rings. The molecule has 1 heterocycles.